The zero-order valence-corrected chi connectivity index (χ0v) is 14.9. The third-order valence-electron chi connectivity index (χ3n) is 3.68. The molecule has 0 aliphatic heterocycles. The molecule has 1 heterocycles. The largest absolute Gasteiger partial charge is 0.481 e. The molecule has 0 saturated carbocycles. The van der Waals surface area contributed by atoms with Crippen LogP contribution in [0.3, 0.4) is 0 Å². The van der Waals surface area contributed by atoms with E-state index in [2.05, 4.69) is 15.5 Å². The highest BCUT2D eigenvalue weighted by Crippen LogP contribution is 2.24. The number of rotatable bonds is 7. The molecular weight excluding hydrogens is 354 g/mol. The Balaban J connectivity index is 1.60. The summed E-state index contributed by atoms with van der Waals surface area (Å²) >= 11 is 6.12. The topological polar surface area (TPSA) is 77.2 Å². The maximum absolute atomic E-state index is 12.3. The van der Waals surface area contributed by atoms with Gasteiger partial charge >= 0.3 is 0 Å². The number of amides is 1. The minimum absolute atomic E-state index is 0.116. The molecule has 3 aromatic rings. The first-order chi connectivity index (χ1) is 12.7. The smallest absolute Gasteiger partial charge is 0.261 e. The van der Waals surface area contributed by atoms with Crippen LogP contribution in [0.5, 0.6) is 5.75 Å². The van der Waals surface area contributed by atoms with Crippen LogP contribution in [0.1, 0.15) is 19.2 Å². The van der Waals surface area contributed by atoms with Crippen molar-refractivity contribution in [3.63, 3.8) is 0 Å². The van der Waals surface area contributed by atoms with E-state index in [4.69, 9.17) is 20.9 Å². The molecule has 0 fully saturated rings. The van der Waals surface area contributed by atoms with E-state index in [9.17, 15) is 4.79 Å². The number of carbonyl (C=O) groups excluding carboxylic acids is 1. The molecule has 1 atom stereocenters. The van der Waals surface area contributed by atoms with E-state index in [0.717, 1.165) is 0 Å². The highest BCUT2D eigenvalue weighted by atomic mass is 35.5. The first-order valence-electron chi connectivity index (χ1n) is 8.24. The Hall–Kier alpha value is -2.86. The van der Waals surface area contributed by atoms with Gasteiger partial charge in [-0.2, -0.15) is 4.98 Å². The number of halogens is 1. The van der Waals surface area contributed by atoms with Gasteiger partial charge in [-0.3, -0.25) is 4.79 Å². The van der Waals surface area contributed by atoms with Crippen LogP contribution >= 0.6 is 11.6 Å². The Morgan fingerprint density at radius 1 is 1.19 bits per heavy atom. The molecule has 0 radical (unpaired) electrons. The molecule has 7 heteroatoms. The van der Waals surface area contributed by atoms with Crippen molar-refractivity contribution in [1.29, 1.82) is 0 Å². The number of nitrogens with one attached hydrogen (secondary N) is 1. The number of hydrogen-bond donors (Lipinski definition) is 1. The Kier molecular flexibility index (Phi) is 5.86. The maximum Gasteiger partial charge on any atom is 0.261 e. The minimum Gasteiger partial charge on any atom is -0.481 e. The molecule has 0 aliphatic rings. The van der Waals surface area contributed by atoms with Gasteiger partial charge in [0, 0.05) is 5.56 Å². The normalized spacial score (nSPS) is 11.8. The molecule has 1 aromatic heterocycles. The summed E-state index contributed by atoms with van der Waals surface area (Å²) in [5, 5.41) is 7.19. The second-order valence-corrected chi connectivity index (χ2v) is 5.94. The average Bonchev–Trinajstić information content (AvgIpc) is 3.14. The first kappa shape index (κ1) is 17.9. The van der Waals surface area contributed by atoms with Gasteiger partial charge < -0.3 is 14.6 Å². The lowest BCUT2D eigenvalue weighted by Crippen LogP contribution is -2.37. The van der Waals surface area contributed by atoms with Gasteiger partial charge in [-0.25, -0.2) is 0 Å². The fourth-order valence-corrected chi connectivity index (χ4v) is 2.56. The molecule has 0 saturated heterocycles. The zero-order chi connectivity index (χ0) is 18.4. The van der Waals surface area contributed by atoms with Crippen molar-refractivity contribution in [3.05, 3.63) is 65.5 Å². The monoisotopic (exact) mass is 371 g/mol. The summed E-state index contributed by atoms with van der Waals surface area (Å²) in [5.41, 5.74) is 0.675. The Morgan fingerprint density at radius 2 is 1.92 bits per heavy atom. The van der Waals surface area contributed by atoms with Gasteiger partial charge in [-0.05, 0) is 30.7 Å². The number of carbonyl (C=O) groups is 1. The lowest BCUT2D eigenvalue weighted by molar-refractivity contribution is -0.128. The fourth-order valence-electron chi connectivity index (χ4n) is 2.34. The molecule has 0 aliphatic carbocycles. The molecule has 3 rings (SSSR count). The number of para-hydroxylation sites is 1. The molecule has 0 bridgehead atoms. The van der Waals surface area contributed by atoms with Crippen molar-refractivity contribution < 1.29 is 14.1 Å². The maximum atomic E-state index is 12.3. The van der Waals surface area contributed by atoms with Crippen molar-refractivity contribution in [3.8, 4) is 17.1 Å². The summed E-state index contributed by atoms with van der Waals surface area (Å²) < 4.78 is 10.9. The van der Waals surface area contributed by atoms with Gasteiger partial charge in [0.05, 0.1) is 11.6 Å². The third-order valence-corrected chi connectivity index (χ3v) is 4.01. The summed E-state index contributed by atoms with van der Waals surface area (Å²) in [4.78, 5) is 16.6. The molecule has 1 unspecified atom stereocenters. The number of ether oxygens (including phenoxy) is 1. The van der Waals surface area contributed by atoms with E-state index in [1.165, 1.54) is 0 Å². The van der Waals surface area contributed by atoms with Gasteiger partial charge in [0.2, 0.25) is 11.7 Å². The van der Waals surface area contributed by atoms with Gasteiger partial charge in [0.25, 0.3) is 5.91 Å². The summed E-state index contributed by atoms with van der Waals surface area (Å²) in [5.74, 6) is 1.08. The second-order valence-electron chi connectivity index (χ2n) is 5.54. The number of aromatic nitrogens is 2. The highest BCUT2D eigenvalue weighted by molar-refractivity contribution is 6.33. The van der Waals surface area contributed by atoms with Gasteiger partial charge in [-0.15, -0.1) is 0 Å². The molecule has 134 valence electrons. The van der Waals surface area contributed by atoms with Crippen LogP contribution in [-0.2, 0) is 11.3 Å². The van der Waals surface area contributed by atoms with Crippen LogP contribution in [0.2, 0.25) is 5.02 Å². The Labute approximate surface area is 156 Å². The lowest BCUT2D eigenvalue weighted by atomic mass is 10.2. The molecule has 1 N–H and O–H groups in total. The Bertz CT molecular complexity index is 867. The molecule has 0 spiro atoms. The molecule has 1 amide bonds. The van der Waals surface area contributed by atoms with Crippen molar-refractivity contribution in [2.45, 2.75) is 26.0 Å². The van der Waals surface area contributed by atoms with Crippen LogP contribution in [0.25, 0.3) is 11.4 Å². The zero-order valence-electron chi connectivity index (χ0n) is 14.2. The first-order valence-corrected chi connectivity index (χ1v) is 8.62. The van der Waals surface area contributed by atoms with E-state index in [0.29, 0.717) is 34.5 Å². The predicted octanol–water partition coefficient (Wildman–Crippen LogP) is 3.86. The molecule has 6 nitrogen and oxygen atoms in total. The van der Waals surface area contributed by atoms with E-state index in [1.807, 2.05) is 49.4 Å². The van der Waals surface area contributed by atoms with Crippen molar-refractivity contribution >= 4 is 17.5 Å². The van der Waals surface area contributed by atoms with E-state index >= 15 is 0 Å². The van der Waals surface area contributed by atoms with E-state index in [1.54, 1.807) is 12.1 Å². The molecule has 26 heavy (non-hydrogen) atoms. The van der Waals surface area contributed by atoms with Crippen LogP contribution in [0.4, 0.5) is 0 Å². The standard InChI is InChI=1S/C19H18ClN3O3/c1-2-16(25-13-8-4-3-5-9-13)19(24)21-12-17-22-18(23-26-17)14-10-6-7-11-15(14)20/h3-11,16H,2,12H2,1H3,(H,21,24). The van der Waals surface area contributed by atoms with Crippen LogP contribution in [0, 0.1) is 0 Å². The average molecular weight is 372 g/mol. The summed E-state index contributed by atoms with van der Waals surface area (Å²) in [7, 11) is 0. The second kappa shape index (κ2) is 8.49. The molecule has 2 aromatic carbocycles. The number of nitrogens with zero attached hydrogens (tertiary/aromatic N) is 2. The van der Waals surface area contributed by atoms with Crippen LogP contribution in [0.15, 0.2) is 59.1 Å². The summed E-state index contributed by atoms with van der Waals surface area (Å²) in [6.45, 7) is 2.00. The quantitative estimate of drug-likeness (QED) is 0.682. The van der Waals surface area contributed by atoms with Gasteiger partial charge in [0.1, 0.15) is 5.75 Å². The summed E-state index contributed by atoms with van der Waals surface area (Å²) in [6.07, 6.45) is -0.0570. The predicted molar refractivity (Wildman–Crippen MR) is 97.7 cm³/mol. The third kappa shape index (κ3) is 4.40. The lowest BCUT2D eigenvalue weighted by Gasteiger charge is -2.16. The van der Waals surface area contributed by atoms with E-state index < -0.39 is 6.10 Å². The number of hydrogen-bond acceptors (Lipinski definition) is 5. The fraction of sp³-hybridized carbons (Fsp3) is 0.211. The van der Waals surface area contributed by atoms with Crippen molar-refractivity contribution in [2.24, 2.45) is 0 Å². The highest BCUT2D eigenvalue weighted by Gasteiger charge is 2.19. The van der Waals surface area contributed by atoms with Crippen molar-refractivity contribution in [2.75, 3.05) is 0 Å². The van der Waals surface area contributed by atoms with E-state index in [-0.39, 0.29) is 12.5 Å². The van der Waals surface area contributed by atoms with Gasteiger partial charge in [-0.1, -0.05) is 54.0 Å². The van der Waals surface area contributed by atoms with Crippen LogP contribution < -0.4 is 10.1 Å². The number of benzene rings is 2. The molecular formula is C19H18ClN3O3. The van der Waals surface area contributed by atoms with Gasteiger partial charge in [0.15, 0.2) is 6.10 Å². The summed E-state index contributed by atoms with van der Waals surface area (Å²) in [6, 6.07) is 16.4. The Morgan fingerprint density at radius 3 is 2.65 bits per heavy atom. The SMILES string of the molecule is CCC(Oc1ccccc1)C(=O)NCc1nc(-c2ccccc2Cl)no1. The van der Waals surface area contributed by atoms with Crippen molar-refractivity contribution in [1.82, 2.24) is 15.5 Å². The van der Waals surface area contributed by atoms with Crippen LogP contribution in [-0.4, -0.2) is 22.2 Å². The minimum atomic E-state index is -0.594.